The van der Waals surface area contributed by atoms with Gasteiger partial charge in [0.05, 0.1) is 19.8 Å². The van der Waals surface area contributed by atoms with E-state index in [0.29, 0.717) is 28.2 Å². The zero-order chi connectivity index (χ0) is 17.3. The van der Waals surface area contributed by atoms with Crippen LogP contribution in [0.2, 0.25) is 0 Å². The molecule has 0 amide bonds. The van der Waals surface area contributed by atoms with Gasteiger partial charge in [-0.05, 0) is 35.7 Å². The van der Waals surface area contributed by atoms with E-state index in [4.69, 9.17) is 13.9 Å². The molecule has 4 nitrogen and oxygen atoms in total. The summed E-state index contributed by atoms with van der Waals surface area (Å²) in [4.78, 5) is 12.4. The van der Waals surface area contributed by atoms with Crippen LogP contribution >= 0.6 is 0 Å². The summed E-state index contributed by atoms with van der Waals surface area (Å²) in [5, 5.41) is 0.873. The molecule has 4 heteroatoms. The van der Waals surface area contributed by atoms with Crippen molar-refractivity contribution < 1.29 is 13.9 Å². The number of fused-ring (bicyclic) bond motifs is 1. The lowest BCUT2D eigenvalue weighted by Crippen LogP contribution is -2.05. The van der Waals surface area contributed by atoms with Crippen molar-refractivity contribution in [2.45, 2.75) is 19.8 Å². The Balaban J connectivity index is 2.26. The Labute approximate surface area is 140 Å². The maximum Gasteiger partial charge on any atom is 0.344 e. The lowest BCUT2D eigenvalue weighted by Gasteiger charge is -2.17. The molecule has 0 unspecified atom stereocenters. The van der Waals surface area contributed by atoms with Crippen LogP contribution in [-0.2, 0) is 0 Å². The van der Waals surface area contributed by atoms with Gasteiger partial charge in [-0.15, -0.1) is 0 Å². The molecule has 0 aliphatic heterocycles. The SMILES string of the molecule is COc1cc(-c2cc3ccccc3oc2=O)cc(OC)c1C(C)C. The van der Waals surface area contributed by atoms with Crippen LogP contribution in [0.4, 0.5) is 0 Å². The van der Waals surface area contributed by atoms with Crippen molar-refractivity contribution in [1.29, 1.82) is 0 Å². The fourth-order valence-electron chi connectivity index (χ4n) is 2.93. The van der Waals surface area contributed by atoms with Crippen LogP contribution in [0, 0.1) is 0 Å². The molecule has 3 aromatic rings. The first-order chi connectivity index (χ1) is 11.5. The molecule has 0 bridgehead atoms. The van der Waals surface area contributed by atoms with E-state index in [0.717, 1.165) is 10.9 Å². The Hall–Kier alpha value is -2.75. The van der Waals surface area contributed by atoms with E-state index >= 15 is 0 Å². The maximum absolute atomic E-state index is 12.4. The molecule has 0 spiro atoms. The normalized spacial score (nSPS) is 11.0. The minimum atomic E-state index is -0.380. The van der Waals surface area contributed by atoms with Crippen molar-refractivity contribution >= 4 is 11.0 Å². The van der Waals surface area contributed by atoms with E-state index in [2.05, 4.69) is 13.8 Å². The monoisotopic (exact) mass is 324 g/mol. The largest absolute Gasteiger partial charge is 0.496 e. The molecule has 1 aromatic heterocycles. The van der Waals surface area contributed by atoms with E-state index in [9.17, 15) is 4.79 Å². The standard InChI is InChI=1S/C20H20O4/c1-12(2)19-17(22-3)10-14(11-18(19)23-4)15-9-13-7-5-6-8-16(13)24-20(15)21/h5-12H,1-4H3. The highest BCUT2D eigenvalue weighted by Gasteiger charge is 2.18. The number of hydrogen-bond donors (Lipinski definition) is 0. The van der Waals surface area contributed by atoms with E-state index in [1.165, 1.54) is 0 Å². The maximum atomic E-state index is 12.4. The molecular weight excluding hydrogens is 304 g/mol. The Morgan fingerprint density at radius 3 is 2.17 bits per heavy atom. The van der Waals surface area contributed by atoms with Crippen LogP contribution in [0.3, 0.4) is 0 Å². The molecule has 3 rings (SSSR count). The van der Waals surface area contributed by atoms with Crippen LogP contribution in [0.1, 0.15) is 25.3 Å². The third-order valence-electron chi connectivity index (χ3n) is 4.07. The minimum absolute atomic E-state index is 0.233. The lowest BCUT2D eigenvalue weighted by molar-refractivity contribution is 0.382. The molecule has 0 N–H and O–H groups in total. The van der Waals surface area contributed by atoms with Gasteiger partial charge in [0, 0.05) is 10.9 Å². The quantitative estimate of drug-likeness (QED) is 0.658. The molecular formula is C20H20O4. The first-order valence-corrected chi connectivity index (χ1v) is 7.84. The number of rotatable bonds is 4. The van der Waals surface area contributed by atoms with Crippen molar-refractivity contribution in [3.8, 4) is 22.6 Å². The van der Waals surface area contributed by atoms with Gasteiger partial charge in [-0.3, -0.25) is 0 Å². The molecule has 1 heterocycles. The molecule has 2 aromatic carbocycles. The summed E-state index contributed by atoms with van der Waals surface area (Å²) < 4.78 is 16.5. The van der Waals surface area contributed by atoms with Crippen LogP contribution in [0.25, 0.3) is 22.1 Å². The van der Waals surface area contributed by atoms with Crippen LogP contribution in [-0.4, -0.2) is 14.2 Å². The summed E-state index contributed by atoms with van der Waals surface area (Å²) in [5.41, 5.74) is 2.38. The smallest absolute Gasteiger partial charge is 0.344 e. The zero-order valence-electron chi connectivity index (χ0n) is 14.3. The third-order valence-corrected chi connectivity index (χ3v) is 4.07. The molecule has 0 saturated carbocycles. The molecule has 0 fully saturated rings. The summed E-state index contributed by atoms with van der Waals surface area (Å²) in [5.74, 6) is 1.63. The van der Waals surface area contributed by atoms with Gasteiger partial charge in [0.25, 0.3) is 0 Å². The van der Waals surface area contributed by atoms with E-state index in [1.54, 1.807) is 20.3 Å². The second kappa shape index (κ2) is 6.40. The topological polar surface area (TPSA) is 48.7 Å². The second-order valence-electron chi connectivity index (χ2n) is 5.93. The van der Waals surface area contributed by atoms with Gasteiger partial charge in [0.15, 0.2) is 0 Å². The van der Waals surface area contributed by atoms with Gasteiger partial charge in [-0.1, -0.05) is 32.0 Å². The summed E-state index contributed by atoms with van der Waals surface area (Å²) in [6.07, 6.45) is 0. The zero-order valence-corrected chi connectivity index (χ0v) is 14.3. The molecule has 0 radical (unpaired) electrons. The van der Waals surface area contributed by atoms with Gasteiger partial charge < -0.3 is 13.9 Å². The van der Waals surface area contributed by atoms with Gasteiger partial charge >= 0.3 is 5.63 Å². The van der Waals surface area contributed by atoms with Gasteiger partial charge in [-0.25, -0.2) is 4.79 Å². The van der Waals surface area contributed by atoms with Crippen LogP contribution in [0.5, 0.6) is 11.5 Å². The first-order valence-electron chi connectivity index (χ1n) is 7.84. The van der Waals surface area contributed by atoms with Gasteiger partial charge in [-0.2, -0.15) is 0 Å². The molecule has 124 valence electrons. The van der Waals surface area contributed by atoms with Crippen molar-refractivity contribution in [2.75, 3.05) is 14.2 Å². The lowest BCUT2D eigenvalue weighted by atomic mass is 9.96. The van der Waals surface area contributed by atoms with Crippen molar-refractivity contribution in [1.82, 2.24) is 0 Å². The minimum Gasteiger partial charge on any atom is -0.496 e. The van der Waals surface area contributed by atoms with Crippen molar-refractivity contribution in [2.24, 2.45) is 0 Å². The molecule has 0 aliphatic rings. The number of benzene rings is 2. The Morgan fingerprint density at radius 1 is 0.958 bits per heavy atom. The fourth-order valence-corrected chi connectivity index (χ4v) is 2.93. The predicted molar refractivity (Wildman–Crippen MR) is 95.1 cm³/mol. The third kappa shape index (κ3) is 2.75. The predicted octanol–water partition coefficient (Wildman–Crippen LogP) is 4.60. The Morgan fingerprint density at radius 2 is 1.58 bits per heavy atom. The first kappa shape index (κ1) is 16.1. The van der Waals surface area contributed by atoms with E-state index in [-0.39, 0.29) is 11.5 Å². The summed E-state index contributed by atoms with van der Waals surface area (Å²) >= 11 is 0. The van der Waals surface area contributed by atoms with Gasteiger partial charge in [0.1, 0.15) is 17.1 Å². The highest BCUT2D eigenvalue weighted by Crippen LogP contribution is 2.39. The number of ether oxygens (including phenoxy) is 2. The second-order valence-corrected chi connectivity index (χ2v) is 5.93. The fraction of sp³-hybridized carbons (Fsp3) is 0.250. The van der Waals surface area contributed by atoms with Crippen LogP contribution < -0.4 is 15.1 Å². The van der Waals surface area contributed by atoms with Crippen molar-refractivity contribution in [3.63, 3.8) is 0 Å². The van der Waals surface area contributed by atoms with E-state index < -0.39 is 0 Å². The molecule has 0 aliphatic carbocycles. The molecule has 24 heavy (non-hydrogen) atoms. The average molecular weight is 324 g/mol. The number of para-hydroxylation sites is 1. The Kier molecular flexibility index (Phi) is 4.30. The summed E-state index contributed by atoms with van der Waals surface area (Å²) in [7, 11) is 3.24. The highest BCUT2D eigenvalue weighted by atomic mass is 16.5. The average Bonchev–Trinajstić information content (AvgIpc) is 2.59. The van der Waals surface area contributed by atoms with E-state index in [1.807, 2.05) is 36.4 Å². The number of methoxy groups -OCH3 is 2. The molecule has 0 atom stereocenters. The van der Waals surface area contributed by atoms with Crippen molar-refractivity contribution in [3.05, 3.63) is 58.4 Å². The van der Waals surface area contributed by atoms with Gasteiger partial charge in [0.2, 0.25) is 0 Å². The highest BCUT2D eigenvalue weighted by molar-refractivity contribution is 5.82. The molecule has 0 saturated heterocycles. The Bertz CT molecular complexity index is 913. The number of hydrogen-bond acceptors (Lipinski definition) is 4. The summed E-state index contributed by atoms with van der Waals surface area (Å²) in [6.45, 7) is 4.15. The summed E-state index contributed by atoms with van der Waals surface area (Å²) in [6, 6.07) is 13.0. The van der Waals surface area contributed by atoms with Crippen LogP contribution in [0.15, 0.2) is 51.7 Å².